The zero-order valence-corrected chi connectivity index (χ0v) is 11.8. The molecule has 18 heavy (non-hydrogen) atoms. The van der Waals surface area contributed by atoms with Crippen LogP contribution in [-0.2, 0) is 11.2 Å². The third kappa shape index (κ3) is 2.64. The molecule has 0 aliphatic carbocycles. The number of hydrogen-bond acceptors (Lipinski definition) is 2. The average Bonchev–Trinajstić information content (AvgIpc) is 2.69. The Morgan fingerprint density at radius 2 is 1.83 bits per heavy atom. The summed E-state index contributed by atoms with van der Waals surface area (Å²) >= 11 is 0. The summed E-state index contributed by atoms with van der Waals surface area (Å²) in [6.07, 6.45) is 0.592. The molecule has 1 saturated heterocycles. The normalized spacial score (nSPS) is 23.3. The molecular formula is C16H23NO. The van der Waals surface area contributed by atoms with Crippen LogP contribution in [0.15, 0.2) is 12.1 Å². The number of nitrogens with one attached hydrogen (secondary N) is 1. The van der Waals surface area contributed by atoms with E-state index in [0.29, 0.717) is 18.1 Å². The summed E-state index contributed by atoms with van der Waals surface area (Å²) < 4.78 is 0. The van der Waals surface area contributed by atoms with Gasteiger partial charge in [-0.3, -0.25) is 4.79 Å². The first-order valence-corrected chi connectivity index (χ1v) is 6.79. The van der Waals surface area contributed by atoms with Crippen molar-refractivity contribution in [1.82, 2.24) is 5.32 Å². The molecule has 2 unspecified atom stereocenters. The lowest BCUT2D eigenvalue weighted by Crippen LogP contribution is -2.23. The largest absolute Gasteiger partial charge is 0.316 e. The maximum Gasteiger partial charge on any atom is 0.141 e. The van der Waals surface area contributed by atoms with Crippen molar-refractivity contribution in [3.8, 4) is 0 Å². The van der Waals surface area contributed by atoms with Gasteiger partial charge in [0, 0.05) is 18.9 Å². The van der Waals surface area contributed by atoms with Gasteiger partial charge in [-0.1, -0.05) is 24.6 Å². The van der Waals surface area contributed by atoms with Gasteiger partial charge in [0.25, 0.3) is 0 Å². The molecule has 1 fully saturated rings. The molecule has 0 bridgehead atoms. The minimum Gasteiger partial charge on any atom is -0.316 e. The van der Waals surface area contributed by atoms with E-state index in [1.54, 1.807) is 0 Å². The standard InChI is InChI=1S/C16H23NO/c1-10-5-11(2)14(12(3)6-10)7-16(18)15-9-17-8-13(15)4/h5-6,13,15,17H,7-9H2,1-4H3. The SMILES string of the molecule is Cc1cc(C)c(CC(=O)C2CNCC2C)c(C)c1. The van der Waals surface area contributed by atoms with E-state index in [2.05, 4.69) is 45.1 Å². The van der Waals surface area contributed by atoms with E-state index in [4.69, 9.17) is 0 Å². The Bertz CT molecular complexity index is 441. The van der Waals surface area contributed by atoms with Gasteiger partial charge in [-0.2, -0.15) is 0 Å². The fraction of sp³-hybridized carbons (Fsp3) is 0.562. The molecule has 1 aromatic rings. The highest BCUT2D eigenvalue weighted by atomic mass is 16.1. The first-order chi connectivity index (χ1) is 8.49. The van der Waals surface area contributed by atoms with Crippen molar-refractivity contribution in [1.29, 1.82) is 0 Å². The summed E-state index contributed by atoms with van der Waals surface area (Å²) in [6, 6.07) is 4.35. The van der Waals surface area contributed by atoms with Gasteiger partial charge in [-0.25, -0.2) is 0 Å². The van der Waals surface area contributed by atoms with E-state index in [9.17, 15) is 4.79 Å². The van der Waals surface area contributed by atoms with Crippen molar-refractivity contribution in [2.45, 2.75) is 34.1 Å². The number of benzene rings is 1. The van der Waals surface area contributed by atoms with Crippen LogP contribution in [0.3, 0.4) is 0 Å². The molecule has 0 spiro atoms. The topological polar surface area (TPSA) is 29.1 Å². The van der Waals surface area contributed by atoms with Crippen molar-refractivity contribution >= 4 is 5.78 Å². The van der Waals surface area contributed by atoms with E-state index in [-0.39, 0.29) is 5.92 Å². The lowest BCUT2D eigenvalue weighted by Gasteiger charge is -2.16. The van der Waals surface area contributed by atoms with Crippen LogP contribution < -0.4 is 5.32 Å². The van der Waals surface area contributed by atoms with Gasteiger partial charge in [0.05, 0.1) is 0 Å². The Morgan fingerprint density at radius 1 is 1.22 bits per heavy atom. The van der Waals surface area contributed by atoms with Gasteiger partial charge in [-0.15, -0.1) is 0 Å². The van der Waals surface area contributed by atoms with Gasteiger partial charge >= 0.3 is 0 Å². The second-order valence-electron chi connectivity index (χ2n) is 5.76. The monoisotopic (exact) mass is 245 g/mol. The predicted molar refractivity (Wildman–Crippen MR) is 74.9 cm³/mol. The van der Waals surface area contributed by atoms with Crippen LogP contribution in [-0.4, -0.2) is 18.9 Å². The van der Waals surface area contributed by atoms with E-state index in [0.717, 1.165) is 13.1 Å². The van der Waals surface area contributed by atoms with Crippen LogP contribution >= 0.6 is 0 Å². The number of ketones is 1. The van der Waals surface area contributed by atoms with Crippen molar-refractivity contribution in [2.75, 3.05) is 13.1 Å². The Labute approximate surface area is 110 Å². The molecule has 1 heterocycles. The molecule has 98 valence electrons. The fourth-order valence-electron chi connectivity index (χ4n) is 3.04. The Kier molecular flexibility index (Phi) is 3.86. The highest BCUT2D eigenvalue weighted by molar-refractivity contribution is 5.84. The summed E-state index contributed by atoms with van der Waals surface area (Å²) in [7, 11) is 0. The molecule has 2 rings (SSSR count). The van der Waals surface area contributed by atoms with Crippen LogP contribution in [0.1, 0.15) is 29.2 Å². The fourth-order valence-corrected chi connectivity index (χ4v) is 3.04. The van der Waals surface area contributed by atoms with E-state index in [1.165, 1.54) is 22.3 Å². The van der Waals surface area contributed by atoms with Crippen molar-refractivity contribution in [3.63, 3.8) is 0 Å². The second kappa shape index (κ2) is 5.23. The van der Waals surface area contributed by atoms with Gasteiger partial charge in [0.15, 0.2) is 0 Å². The zero-order valence-electron chi connectivity index (χ0n) is 11.8. The minimum absolute atomic E-state index is 0.199. The van der Waals surface area contributed by atoms with E-state index < -0.39 is 0 Å². The smallest absolute Gasteiger partial charge is 0.141 e. The second-order valence-corrected chi connectivity index (χ2v) is 5.76. The number of carbonyl (C=O) groups excluding carboxylic acids is 1. The van der Waals surface area contributed by atoms with Crippen LogP contribution in [0.25, 0.3) is 0 Å². The van der Waals surface area contributed by atoms with E-state index in [1.807, 2.05) is 0 Å². The quantitative estimate of drug-likeness (QED) is 0.887. The van der Waals surface area contributed by atoms with Crippen LogP contribution in [0.4, 0.5) is 0 Å². The molecule has 1 aromatic carbocycles. The highest BCUT2D eigenvalue weighted by Gasteiger charge is 2.29. The van der Waals surface area contributed by atoms with Gasteiger partial charge < -0.3 is 5.32 Å². The van der Waals surface area contributed by atoms with Crippen molar-refractivity contribution in [3.05, 3.63) is 34.4 Å². The third-order valence-corrected chi connectivity index (χ3v) is 4.12. The molecule has 1 N–H and O–H groups in total. The molecule has 0 radical (unpaired) electrons. The van der Waals surface area contributed by atoms with Gasteiger partial charge in [0.1, 0.15) is 5.78 Å². The minimum atomic E-state index is 0.199. The lowest BCUT2D eigenvalue weighted by atomic mass is 9.87. The number of carbonyl (C=O) groups is 1. The van der Waals surface area contributed by atoms with Gasteiger partial charge in [-0.05, 0) is 49.9 Å². The predicted octanol–water partition coefficient (Wildman–Crippen LogP) is 2.58. The molecule has 1 aliphatic heterocycles. The maximum atomic E-state index is 12.4. The number of Topliss-reactive ketones (excluding diaryl/α,β-unsaturated/α-hetero) is 1. The summed E-state index contributed by atoms with van der Waals surface area (Å²) in [5.74, 6) is 1.07. The molecule has 0 saturated carbocycles. The highest BCUT2D eigenvalue weighted by Crippen LogP contribution is 2.22. The molecule has 0 amide bonds. The number of hydrogen-bond donors (Lipinski definition) is 1. The summed E-state index contributed by atoms with van der Waals surface area (Å²) in [6.45, 7) is 10.3. The summed E-state index contributed by atoms with van der Waals surface area (Å²) in [4.78, 5) is 12.4. The Balaban J connectivity index is 2.17. The molecular weight excluding hydrogens is 222 g/mol. The number of aryl methyl sites for hydroxylation is 3. The van der Waals surface area contributed by atoms with Crippen LogP contribution in [0.5, 0.6) is 0 Å². The van der Waals surface area contributed by atoms with Crippen molar-refractivity contribution < 1.29 is 4.79 Å². The first kappa shape index (κ1) is 13.3. The summed E-state index contributed by atoms with van der Waals surface area (Å²) in [5, 5.41) is 3.31. The number of rotatable bonds is 3. The Morgan fingerprint density at radius 3 is 2.33 bits per heavy atom. The maximum absolute atomic E-state index is 12.4. The first-order valence-electron chi connectivity index (χ1n) is 6.79. The van der Waals surface area contributed by atoms with Gasteiger partial charge in [0.2, 0.25) is 0 Å². The van der Waals surface area contributed by atoms with Crippen LogP contribution in [0.2, 0.25) is 0 Å². The molecule has 1 aliphatic rings. The Hall–Kier alpha value is -1.15. The van der Waals surface area contributed by atoms with Crippen molar-refractivity contribution in [2.24, 2.45) is 11.8 Å². The molecule has 2 atom stereocenters. The zero-order chi connectivity index (χ0) is 13.3. The molecule has 2 nitrogen and oxygen atoms in total. The molecule has 0 aromatic heterocycles. The third-order valence-electron chi connectivity index (χ3n) is 4.12. The van der Waals surface area contributed by atoms with Crippen LogP contribution in [0, 0.1) is 32.6 Å². The summed E-state index contributed by atoms with van der Waals surface area (Å²) in [5.41, 5.74) is 5.00. The van der Waals surface area contributed by atoms with E-state index >= 15 is 0 Å². The lowest BCUT2D eigenvalue weighted by molar-refractivity contribution is -0.122. The average molecular weight is 245 g/mol. The molecule has 2 heteroatoms.